The number of carbonyl (C=O) groups is 3. The highest BCUT2D eigenvalue weighted by atomic mass is 16.6. The van der Waals surface area contributed by atoms with E-state index in [2.05, 4.69) is 6.08 Å². The van der Waals surface area contributed by atoms with Gasteiger partial charge in [0.2, 0.25) is 0 Å². The molecule has 5 heteroatoms. The first-order chi connectivity index (χ1) is 16.0. The maximum absolute atomic E-state index is 14.5. The molecule has 0 aromatic heterocycles. The molecule has 0 aromatic carbocycles. The molecular formula is C30H44O5. The molecule has 0 aromatic rings. The number of ether oxygens (including phenoxy) is 1. The lowest BCUT2D eigenvalue weighted by Gasteiger charge is -2.68. The number of fused-ring (bicyclic) bond motifs is 1. The van der Waals surface area contributed by atoms with Crippen molar-refractivity contribution in [3.05, 3.63) is 34.9 Å². The van der Waals surface area contributed by atoms with Crippen molar-refractivity contribution in [3.8, 4) is 0 Å². The predicted molar refractivity (Wildman–Crippen MR) is 138 cm³/mol. The second-order valence-electron chi connectivity index (χ2n) is 12.6. The van der Waals surface area contributed by atoms with Gasteiger partial charge in [0, 0.05) is 18.3 Å². The monoisotopic (exact) mass is 484 g/mol. The summed E-state index contributed by atoms with van der Waals surface area (Å²) in [5, 5.41) is 12.9. The van der Waals surface area contributed by atoms with E-state index in [-0.39, 0.29) is 24.4 Å². The van der Waals surface area contributed by atoms with Gasteiger partial charge in [-0.2, -0.15) is 0 Å². The Labute approximate surface area is 211 Å². The largest absolute Gasteiger partial charge is 0.384 e. The third-order valence-corrected chi connectivity index (χ3v) is 8.73. The molecule has 2 saturated heterocycles. The van der Waals surface area contributed by atoms with Gasteiger partial charge < -0.3 is 9.84 Å². The topological polar surface area (TPSA) is 80.7 Å². The van der Waals surface area contributed by atoms with Gasteiger partial charge in [-0.25, -0.2) is 0 Å². The van der Waals surface area contributed by atoms with Gasteiger partial charge in [0.05, 0.1) is 10.8 Å². The maximum atomic E-state index is 14.5. The van der Waals surface area contributed by atoms with Crippen molar-refractivity contribution in [1.82, 2.24) is 0 Å². The van der Waals surface area contributed by atoms with Gasteiger partial charge in [0.15, 0.2) is 28.6 Å². The van der Waals surface area contributed by atoms with E-state index in [0.717, 1.165) is 16.7 Å². The van der Waals surface area contributed by atoms with Crippen LogP contribution in [0.25, 0.3) is 0 Å². The molecule has 4 fully saturated rings. The van der Waals surface area contributed by atoms with Crippen LogP contribution in [-0.2, 0) is 19.1 Å². The molecule has 4 bridgehead atoms. The SMILES string of the molecule is CC(C)=CCC1CC2(CC=C(C)C)C(=O)C3(CC=C(C)C)OC1(C(=O)C(C)C)C2(O)C(C)(C)C3=O. The van der Waals surface area contributed by atoms with Gasteiger partial charge in [-0.05, 0) is 74.7 Å². The third-order valence-electron chi connectivity index (χ3n) is 8.73. The van der Waals surface area contributed by atoms with Gasteiger partial charge >= 0.3 is 0 Å². The summed E-state index contributed by atoms with van der Waals surface area (Å²) in [7, 11) is 0. The van der Waals surface area contributed by atoms with Crippen LogP contribution in [-0.4, -0.2) is 39.3 Å². The summed E-state index contributed by atoms with van der Waals surface area (Å²) >= 11 is 0. The second-order valence-corrected chi connectivity index (χ2v) is 12.6. The van der Waals surface area contributed by atoms with Crippen molar-refractivity contribution in [2.24, 2.45) is 22.7 Å². The Hall–Kier alpha value is -1.85. The molecule has 2 aliphatic carbocycles. The number of aliphatic hydroxyl groups is 1. The van der Waals surface area contributed by atoms with E-state index in [1.807, 2.05) is 53.7 Å². The van der Waals surface area contributed by atoms with Crippen LogP contribution in [0.1, 0.15) is 94.9 Å². The molecule has 5 unspecified atom stereocenters. The number of ketones is 3. The molecule has 1 N–H and O–H groups in total. The molecule has 194 valence electrons. The number of hydrogen-bond acceptors (Lipinski definition) is 5. The Morgan fingerprint density at radius 1 is 0.943 bits per heavy atom. The van der Waals surface area contributed by atoms with Crippen molar-refractivity contribution in [2.75, 3.05) is 0 Å². The summed E-state index contributed by atoms with van der Waals surface area (Å²) in [4.78, 5) is 42.9. The lowest BCUT2D eigenvalue weighted by molar-refractivity contribution is -0.319. The van der Waals surface area contributed by atoms with Crippen molar-refractivity contribution >= 4 is 17.3 Å². The first-order valence-corrected chi connectivity index (χ1v) is 12.9. The number of carbonyl (C=O) groups excluding carboxylic acids is 3. The van der Waals surface area contributed by atoms with Crippen LogP contribution in [0, 0.1) is 22.7 Å². The molecule has 2 aliphatic heterocycles. The normalized spacial score (nSPS) is 36.9. The number of hydrogen-bond donors (Lipinski definition) is 1. The van der Waals surface area contributed by atoms with Gasteiger partial charge in [-0.1, -0.05) is 48.8 Å². The van der Waals surface area contributed by atoms with Gasteiger partial charge in [-0.15, -0.1) is 0 Å². The summed E-state index contributed by atoms with van der Waals surface area (Å²) in [5.41, 5.74) is -4.96. The quantitative estimate of drug-likeness (QED) is 0.353. The molecule has 4 rings (SSSR count). The Bertz CT molecular complexity index is 1030. The van der Waals surface area contributed by atoms with E-state index in [9.17, 15) is 19.5 Å². The average molecular weight is 485 g/mol. The van der Waals surface area contributed by atoms with Crippen molar-refractivity contribution < 1.29 is 24.2 Å². The van der Waals surface area contributed by atoms with Crippen molar-refractivity contribution in [2.45, 2.75) is 112 Å². The Balaban J connectivity index is 2.47. The first-order valence-electron chi connectivity index (χ1n) is 12.9. The van der Waals surface area contributed by atoms with Gasteiger partial charge in [-0.3, -0.25) is 14.4 Å². The molecule has 0 spiro atoms. The van der Waals surface area contributed by atoms with Crippen LogP contribution in [0.4, 0.5) is 0 Å². The van der Waals surface area contributed by atoms with E-state index in [0.29, 0.717) is 12.8 Å². The van der Waals surface area contributed by atoms with Crippen LogP contribution in [0.15, 0.2) is 34.9 Å². The van der Waals surface area contributed by atoms with Crippen LogP contribution in [0.5, 0.6) is 0 Å². The third kappa shape index (κ3) is 3.37. The summed E-state index contributed by atoms with van der Waals surface area (Å²) < 4.78 is 6.67. The highest BCUT2D eigenvalue weighted by Crippen LogP contribution is 2.75. The summed E-state index contributed by atoms with van der Waals surface area (Å²) in [6.07, 6.45) is 7.04. The van der Waals surface area contributed by atoms with E-state index in [4.69, 9.17) is 4.74 Å². The van der Waals surface area contributed by atoms with Gasteiger partial charge in [0.25, 0.3) is 0 Å². The minimum absolute atomic E-state index is 0.0750. The molecular weight excluding hydrogens is 440 g/mol. The van der Waals surface area contributed by atoms with Crippen LogP contribution < -0.4 is 0 Å². The lowest BCUT2D eigenvalue weighted by atomic mass is 9.42. The summed E-state index contributed by atoms with van der Waals surface area (Å²) in [6, 6.07) is 0. The van der Waals surface area contributed by atoms with E-state index in [1.165, 1.54) is 0 Å². The van der Waals surface area contributed by atoms with E-state index in [1.54, 1.807) is 27.7 Å². The number of rotatable bonds is 8. The maximum Gasteiger partial charge on any atom is 0.190 e. The van der Waals surface area contributed by atoms with E-state index < -0.39 is 45.3 Å². The lowest BCUT2D eigenvalue weighted by Crippen LogP contribution is -2.88. The standard InChI is InChI=1S/C30H44O5/c1-18(2)11-12-22-17-27(15-13-19(3)4)25(33)28(16-14-20(5)6)24(32)26(9,10)30(27,34)29(22,35-28)23(31)21(7)8/h11,13-14,21-22,34H,12,15-17H2,1-10H3. The zero-order chi connectivity index (χ0) is 26.8. The molecule has 2 heterocycles. The first kappa shape index (κ1) is 27.7. The Kier molecular flexibility index (Phi) is 6.83. The Morgan fingerprint density at radius 2 is 1.46 bits per heavy atom. The molecule has 5 nitrogen and oxygen atoms in total. The molecule has 4 aliphatic rings. The Morgan fingerprint density at radius 3 is 1.94 bits per heavy atom. The molecule has 2 saturated carbocycles. The fraction of sp³-hybridized carbons (Fsp3) is 0.700. The van der Waals surface area contributed by atoms with E-state index >= 15 is 0 Å². The highest BCUT2D eigenvalue weighted by molar-refractivity contribution is 6.21. The zero-order valence-corrected chi connectivity index (χ0v) is 23.3. The van der Waals surface area contributed by atoms with Crippen LogP contribution in [0.2, 0.25) is 0 Å². The summed E-state index contributed by atoms with van der Waals surface area (Å²) in [6.45, 7) is 18.8. The van der Waals surface area contributed by atoms with Gasteiger partial charge in [0.1, 0.15) is 5.60 Å². The highest BCUT2D eigenvalue weighted by Gasteiger charge is 2.92. The zero-order valence-electron chi connectivity index (χ0n) is 23.3. The van der Waals surface area contributed by atoms with Crippen LogP contribution in [0.3, 0.4) is 0 Å². The molecule has 5 atom stereocenters. The van der Waals surface area contributed by atoms with Crippen LogP contribution >= 0.6 is 0 Å². The number of Topliss-reactive ketones (excluding diaryl/α,β-unsaturated/α-hetero) is 3. The minimum Gasteiger partial charge on any atom is -0.384 e. The molecule has 0 radical (unpaired) electrons. The average Bonchev–Trinajstić information content (AvgIpc) is 2.92. The summed E-state index contributed by atoms with van der Waals surface area (Å²) in [5.74, 6) is -1.86. The number of allylic oxidation sites excluding steroid dienone is 5. The molecule has 35 heavy (non-hydrogen) atoms. The smallest absolute Gasteiger partial charge is 0.190 e. The predicted octanol–water partition coefficient (Wildman–Crippen LogP) is 5.70. The second kappa shape index (κ2) is 8.62. The molecule has 0 amide bonds. The van der Waals surface area contributed by atoms with Crippen molar-refractivity contribution in [1.29, 1.82) is 0 Å². The fourth-order valence-corrected chi connectivity index (χ4v) is 7.13. The van der Waals surface area contributed by atoms with Crippen molar-refractivity contribution in [3.63, 3.8) is 0 Å². The fourth-order valence-electron chi connectivity index (χ4n) is 7.13. The minimum atomic E-state index is -1.96.